The fraction of sp³-hybridized carbons (Fsp3) is 0.667. The fourth-order valence-electron chi connectivity index (χ4n) is 3.68. The topological polar surface area (TPSA) is 37.3 Å². The molecule has 4 heteroatoms. The quantitative estimate of drug-likeness (QED) is 0.409. The highest BCUT2D eigenvalue weighted by molar-refractivity contribution is 9.09. The summed E-state index contributed by atoms with van der Waals surface area (Å²) in [6, 6.07) is 0. The number of aliphatic hydroxyl groups is 1. The molecule has 2 saturated carbocycles. The van der Waals surface area contributed by atoms with Crippen LogP contribution in [0.2, 0.25) is 0 Å². The van der Waals surface area contributed by atoms with E-state index in [1.807, 2.05) is 0 Å². The van der Waals surface area contributed by atoms with E-state index in [2.05, 4.69) is 36.4 Å². The Balaban J connectivity index is 2.42. The highest BCUT2D eigenvalue weighted by Gasteiger charge is 2.57. The summed E-state index contributed by atoms with van der Waals surface area (Å²) in [4.78, 5) is 12.2. The van der Waals surface area contributed by atoms with E-state index in [1.54, 1.807) is 0 Å². The number of hydrogen-bond acceptors (Lipinski definition) is 2. The lowest BCUT2D eigenvalue weighted by Crippen LogP contribution is -2.55. The minimum absolute atomic E-state index is 0.0279. The lowest BCUT2D eigenvalue weighted by Gasteiger charge is -2.57. The van der Waals surface area contributed by atoms with Gasteiger partial charge in [-0.1, -0.05) is 53.5 Å². The Morgan fingerprint density at radius 3 is 2.68 bits per heavy atom. The zero-order valence-corrected chi connectivity index (χ0v) is 13.7. The molecular weight excluding hydrogens is 328 g/mol. The third-order valence-corrected chi connectivity index (χ3v) is 7.18. The van der Waals surface area contributed by atoms with Gasteiger partial charge in [-0.15, -0.1) is 0 Å². The van der Waals surface area contributed by atoms with Gasteiger partial charge in [0.2, 0.25) is 0 Å². The van der Waals surface area contributed by atoms with Gasteiger partial charge in [-0.25, -0.2) is 0 Å². The molecule has 1 spiro atoms. The Bertz CT molecular complexity index is 455. The molecule has 2 fully saturated rings. The van der Waals surface area contributed by atoms with Crippen molar-refractivity contribution in [3.05, 3.63) is 23.3 Å². The summed E-state index contributed by atoms with van der Waals surface area (Å²) in [5.74, 6) is 0.117. The number of hydrogen-bond donors (Lipinski definition) is 1. The maximum Gasteiger partial charge on any atom is 0.160 e. The van der Waals surface area contributed by atoms with Crippen LogP contribution in [0, 0.1) is 10.8 Å². The number of halogens is 2. The van der Waals surface area contributed by atoms with Crippen molar-refractivity contribution in [3.63, 3.8) is 0 Å². The molecule has 2 aliphatic carbocycles. The van der Waals surface area contributed by atoms with Crippen LogP contribution in [0.15, 0.2) is 23.3 Å². The maximum atomic E-state index is 12.2. The minimum atomic E-state index is -0.437. The Kier molecular flexibility index (Phi) is 4.03. The van der Waals surface area contributed by atoms with Gasteiger partial charge < -0.3 is 5.11 Å². The number of rotatable bonds is 0. The van der Waals surface area contributed by atoms with Crippen molar-refractivity contribution < 1.29 is 9.90 Å². The largest absolute Gasteiger partial charge is 0.392 e. The smallest absolute Gasteiger partial charge is 0.160 e. The highest BCUT2D eigenvalue weighted by Crippen LogP contribution is 2.61. The minimum Gasteiger partial charge on any atom is -0.392 e. The number of ketones is 1. The number of aliphatic hydroxyl groups excluding tert-OH is 1. The summed E-state index contributed by atoms with van der Waals surface area (Å²) >= 11 is 9.33. The molecule has 19 heavy (non-hydrogen) atoms. The van der Waals surface area contributed by atoms with Crippen molar-refractivity contribution in [1.29, 1.82) is 0 Å². The average Bonchev–Trinajstić information content (AvgIpc) is 2.35. The van der Waals surface area contributed by atoms with Crippen molar-refractivity contribution in [2.75, 3.05) is 0 Å². The average molecular weight is 348 g/mol. The molecule has 106 valence electrons. The Morgan fingerprint density at radius 2 is 2.16 bits per heavy atom. The first-order valence-corrected chi connectivity index (χ1v) is 7.94. The van der Waals surface area contributed by atoms with Gasteiger partial charge in [0.15, 0.2) is 5.78 Å². The van der Waals surface area contributed by atoms with Gasteiger partial charge in [-0.3, -0.25) is 4.79 Å². The summed E-state index contributed by atoms with van der Waals surface area (Å²) in [7, 11) is 0. The van der Waals surface area contributed by atoms with Crippen LogP contribution in [0.1, 0.15) is 39.5 Å². The number of Topliss-reactive ketones (excluding diaryl/α,β-unsaturated/α-hetero) is 1. The second-order valence-electron chi connectivity index (χ2n) is 6.31. The van der Waals surface area contributed by atoms with Gasteiger partial charge in [0.05, 0.1) is 6.10 Å². The van der Waals surface area contributed by atoms with Gasteiger partial charge >= 0.3 is 0 Å². The number of alkyl halides is 1. The fourth-order valence-corrected chi connectivity index (χ4v) is 4.54. The highest BCUT2D eigenvalue weighted by atomic mass is 79.9. The monoisotopic (exact) mass is 346 g/mol. The van der Waals surface area contributed by atoms with E-state index in [0.29, 0.717) is 24.8 Å². The van der Waals surface area contributed by atoms with Crippen molar-refractivity contribution in [2.24, 2.45) is 10.8 Å². The third kappa shape index (κ3) is 2.14. The SMILES string of the molecule is C=C1C[C@@H](O)[C@@H](Br)C(C)(C)[C@]12CCC(=CCl)C(=O)C2. The predicted molar refractivity (Wildman–Crippen MR) is 81.5 cm³/mol. The van der Waals surface area contributed by atoms with Gasteiger partial charge in [-0.05, 0) is 24.7 Å². The molecule has 0 amide bonds. The Morgan fingerprint density at radius 1 is 1.53 bits per heavy atom. The third-order valence-electron chi connectivity index (χ3n) is 5.17. The van der Waals surface area contributed by atoms with E-state index < -0.39 is 6.10 Å². The molecule has 0 aromatic carbocycles. The summed E-state index contributed by atoms with van der Waals surface area (Å²) in [5.41, 5.74) is 2.68. The van der Waals surface area contributed by atoms with Crippen LogP contribution in [0.25, 0.3) is 0 Å². The first-order valence-electron chi connectivity index (χ1n) is 6.59. The first-order chi connectivity index (χ1) is 8.76. The molecule has 0 radical (unpaired) electrons. The van der Waals surface area contributed by atoms with E-state index in [1.165, 1.54) is 5.54 Å². The zero-order chi connectivity index (χ0) is 14.4. The lowest BCUT2D eigenvalue weighted by molar-refractivity contribution is -0.123. The molecule has 0 unspecified atom stereocenters. The molecule has 1 N–H and O–H groups in total. The van der Waals surface area contributed by atoms with Gasteiger partial charge in [0.25, 0.3) is 0 Å². The van der Waals surface area contributed by atoms with Crippen molar-refractivity contribution in [3.8, 4) is 0 Å². The predicted octanol–water partition coefficient (Wildman–Crippen LogP) is 3.96. The zero-order valence-electron chi connectivity index (χ0n) is 11.4. The van der Waals surface area contributed by atoms with Crippen LogP contribution in [-0.4, -0.2) is 21.8 Å². The summed E-state index contributed by atoms with van der Waals surface area (Å²) < 4.78 is 0. The van der Waals surface area contributed by atoms with Gasteiger partial charge in [0, 0.05) is 27.8 Å². The van der Waals surface area contributed by atoms with Crippen molar-refractivity contribution >= 4 is 33.3 Å². The molecule has 0 aliphatic heterocycles. The van der Waals surface area contributed by atoms with Crippen molar-refractivity contribution in [1.82, 2.24) is 0 Å². The normalized spacial score (nSPS) is 41.0. The van der Waals surface area contributed by atoms with E-state index >= 15 is 0 Å². The van der Waals surface area contributed by atoms with Crippen molar-refractivity contribution in [2.45, 2.75) is 50.5 Å². The van der Waals surface area contributed by atoms with Crippen LogP contribution in [0.4, 0.5) is 0 Å². The molecule has 0 bridgehead atoms. The second-order valence-corrected chi connectivity index (χ2v) is 7.52. The Hall–Kier alpha value is -0.120. The van der Waals surface area contributed by atoms with E-state index in [9.17, 15) is 9.90 Å². The summed E-state index contributed by atoms with van der Waals surface area (Å²) in [5, 5.41) is 10.1. The van der Waals surface area contributed by atoms with Crippen LogP contribution >= 0.6 is 27.5 Å². The molecule has 2 rings (SSSR count). The molecular formula is C15H20BrClO2. The van der Waals surface area contributed by atoms with E-state index in [-0.39, 0.29) is 21.4 Å². The van der Waals surface area contributed by atoms with Gasteiger partial charge in [0.1, 0.15) is 0 Å². The van der Waals surface area contributed by atoms with Crippen LogP contribution in [0.5, 0.6) is 0 Å². The lowest BCUT2D eigenvalue weighted by atomic mass is 9.49. The molecule has 2 aliphatic rings. The van der Waals surface area contributed by atoms with E-state index in [0.717, 1.165) is 12.0 Å². The van der Waals surface area contributed by atoms with Crippen LogP contribution in [-0.2, 0) is 4.79 Å². The number of carbonyl (C=O) groups excluding carboxylic acids is 1. The van der Waals surface area contributed by atoms with Crippen LogP contribution in [0.3, 0.4) is 0 Å². The Labute approximate surface area is 128 Å². The van der Waals surface area contributed by atoms with Crippen LogP contribution < -0.4 is 0 Å². The molecule has 3 atom stereocenters. The standard InChI is InChI=1S/C15H20BrClO2/c1-9-6-11(18)13(16)14(2,3)15(9)5-4-10(8-17)12(19)7-15/h8,11,13,18H,1,4-7H2,2-3H3/t11-,13-,15+/m1/s1. The molecule has 0 aromatic rings. The maximum absolute atomic E-state index is 12.2. The number of carbonyl (C=O) groups is 1. The number of allylic oxidation sites excluding steroid dienone is 1. The first kappa shape index (κ1) is 15.3. The van der Waals surface area contributed by atoms with E-state index in [4.69, 9.17) is 11.6 Å². The molecule has 0 aromatic heterocycles. The summed E-state index contributed by atoms with van der Waals surface area (Å²) in [6.45, 7) is 8.40. The molecule has 0 saturated heterocycles. The summed E-state index contributed by atoms with van der Waals surface area (Å²) in [6.07, 6.45) is 2.14. The molecule has 2 nitrogen and oxygen atoms in total. The molecule has 0 heterocycles. The van der Waals surface area contributed by atoms with Gasteiger partial charge in [-0.2, -0.15) is 0 Å². The second kappa shape index (κ2) is 5.01.